The lowest BCUT2D eigenvalue weighted by molar-refractivity contribution is -0.148. The van der Waals surface area contributed by atoms with Gasteiger partial charge in [-0.2, -0.15) is 0 Å². The van der Waals surface area contributed by atoms with Crippen molar-refractivity contribution in [1.82, 2.24) is 5.32 Å². The van der Waals surface area contributed by atoms with Crippen LogP contribution in [-0.4, -0.2) is 30.3 Å². The zero-order valence-corrected chi connectivity index (χ0v) is 12.9. The first kappa shape index (κ1) is 15.9. The summed E-state index contributed by atoms with van der Waals surface area (Å²) in [4.78, 5) is 24.3. The summed E-state index contributed by atoms with van der Waals surface area (Å²) >= 11 is 1.61. The topological polar surface area (TPSA) is 55.4 Å². The molecule has 1 aromatic rings. The first-order valence-electron chi connectivity index (χ1n) is 7.37. The molecule has 0 unspecified atom stereocenters. The standard InChI is InChI=1S/C16H21NO3S/c18-15(17-13-6-4-5-7-13)12-20-16(19)10-11-21-14-8-2-1-3-9-14/h1-3,8-9,13H,4-7,10-12H2,(H,17,18). The second-order valence-electron chi connectivity index (χ2n) is 5.12. The van der Waals surface area contributed by atoms with Crippen LogP contribution in [0, 0.1) is 0 Å². The van der Waals surface area contributed by atoms with Gasteiger partial charge in [0.1, 0.15) is 0 Å². The predicted molar refractivity (Wildman–Crippen MR) is 83.1 cm³/mol. The van der Waals surface area contributed by atoms with Crippen molar-refractivity contribution in [3.63, 3.8) is 0 Å². The molecule has 1 aliphatic carbocycles. The first-order chi connectivity index (χ1) is 10.2. The molecule has 0 saturated heterocycles. The summed E-state index contributed by atoms with van der Waals surface area (Å²) in [5.41, 5.74) is 0. The third-order valence-electron chi connectivity index (χ3n) is 3.40. The van der Waals surface area contributed by atoms with Crippen molar-refractivity contribution < 1.29 is 14.3 Å². The predicted octanol–water partition coefficient (Wildman–Crippen LogP) is 2.77. The third-order valence-corrected chi connectivity index (χ3v) is 4.42. The van der Waals surface area contributed by atoms with Crippen LogP contribution in [-0.2, 0) is 14.3 Å². The van der Waals surface area contributed by atoms with E-state index in [0.717, 1.165) is 17.7 Å². The lowest BCUT2D eigenvalue weighted by Gasteiger charge is -2.11. The number of nitrogens with one attached hydrogen (secondary N) is 1. The minimum Gasteiger partial charge on any atom is -0.456 e. The van der Waals surface area contributed by atoms with E-state index in [-0.39, 0.29) is 24.5 Å². The second kappa shape index (κ2) is 8.72. The van der Waals surface area contributed by atoms with Crippen molar-refractivity contribution in [2.45, 2.75) is 43.0 Å². The molecule has 2 rings (SSSR count). The van der Waals surface area contributed by atoms with Gasteiger partial charge in [0.2, 0.25) is 0 Å². The lowest BCUT2D eigenvalue weighted by atomic mass is 10.2. The van der Waals surface area contributed by atoms with Crippen LogP contribution in [0.3, 0.4) is 0 Å². The lowest BCUT2D eigenvalue weighted by Crippen LogP contribution is -2.35. The van der Waals surface area contributed by atoms with E-state index in [1.807, 2.05) is 30.3 Å². The van der Waals surface area contributed by atoms with Crippen molar-refractivity contribution in [2.24, 2.45) is 0 Å². The zero-order chi connectivity index (χ0) is 14.9. The Labute approximate surface area is 129 Å². The van der Waals surface area contributed by atoms with Crippen molar-refractivity contribution >= 4 is 23.6 Å². The van der Waals surface area contributed by atoms with E-state index in [9.17, 15) is 9.59 Å². The SMILES string of the molecule is O=C(COC(=O)CCSc1ccccc1)NC1CCCC1. The Morgan fingerprint density at radius 2 is 1.90 bits per heavy atom. The van der Waals surface area contributed by atoms with Crippen LogP contribution >= 0.6 is 11.8 Å². The van der Waals surface area contributed by atoms with Gasteiger partial charge in [0, 0.05) is 16.7 Å². The molecule has 1 aliphatic rings. The Morgan fingerprint density at radius 3 is 2.62 bits per heavy atom. The number of hydrogen-bond acceptors (Lipinski definition) is 4. The second-order valence-corrected chi connectivity index (χ2v) is 6.29. The van der Waals surface area contributed by atoms with E-state index in [2.05, 4.69) is 5.32 Å². The number of benzene rings is 1. The zero-order valence-electron chi connectivity index (χ0n) is 12.0. The largest absolute Gasteiger partial charge is 0.456 e. The fourth-order valence-corrected chi connectivity index (χ4v) is 3.18. The molecule has 114 valence electrons. The van der Waals surface area contributed by atoms with Crippen LogP contribution in [0.15, 0.2) is 35.2 Å². The van der Waals surface area contributed by atoms with Gasteiger partial charge in [-0.3, -0.25) is 9.59 Å². The molecule has 1 N–H and O–H groups in total. The van der Waals surface area contributed by atoms with Crippen LogP contribution in [0.25, 0.3) is 0 Å². The maximum Gasteiger partial charge on any atom is 0.307 e. The van der Waals surface area contributed by atoms with E-state index in [0.29, 0.717) is 12.2 Å². The maximum atomic E-state index is 11.6. The monoisotopic (exact) mass is 307 g/mol. The van der Waals surface area contributed by atoms with Gasteiger partial charge < -0.3 is 10.1 Å². The Morgan fingerprint density at radius 1 is 1.19 bits per heavy atom. The molecule has 1 aromatic carbocycles. The van der Waals surface area contributed by atoms with E-state index < -0.39 is 0 Å². The van der Waals surface area contributed by atoms with E-state index in [4.69, 9.17) is 4.74 Å². The smallest absolute Gasteiger partial charge is 0.307 e. The molecule has 1 fully saturated rings. The molecule has 0 heterocycles. The first-order valence-corrected chi connectivity index (χ1v) is 8.35. The van der Waals surface area contributed by atoms with Gasteiger partial charge in [0.15, 0.2) is 6.61 Å². The Kier molecular flexibility index (Phi) is 6.60. The molecule has 0 bridgehead atoms. The normalized spacial score (nSPS) is 14.9. The van der Waals surface area contributed by atoms with Crippen molar-refractivity contribution in [1.29, 1.82) is 0 Å². The molecule has 1 amide bonds. The summed E-state index contributed by atoms with van der Waals surface area (Å²) in [6, 6.07) is 10.2. The van der Waals surface area contributed by atoms with Gasteiger partial charge in [-0.25, -0.2) is 0 Å². The molecule has 0 aromatic heterocycles. The van der Waals surface area contributed by atoms with Gasteiger partial charge >= 0.3 is 5.97 Å². The molecule has 1 saturated carbocycles. The summed E-state index contributed by atoms with van der Waals surface area (Å²) < 4.78 is 4.99. The number of carbonyl (C=O) groups excluding carboxylic acids is 2. The van der Waals surface area contributed by atoms with Crippen LogP contribution < -0.4 is 5.32 Å². The van der Waals surface area contributed by atoms with E-state index >= 15 is 0 Å². The summed E-state index contributed by atoms with van der Waals surface area (Å²) in [5.74, 6) is 0.151. The van der Waals surface area contributed by atoms with Crippen LogP contribution in [0.1, 0.15) is 32.1 Å². The number of rotatable bonds is 7. The summed E-state index contributed by atoms with van der Waals surface area (Å²) in [6.45, 7) is -0.161. The Hall–Kier alpha value is -1.49. The minimum atomic E-state index is -0.319. The van der Waals surface area contributed by atoms with Crippen LogP contribution in [0.2, 0.25) is 0 Å². The average Bonchev–Trinajstić information content (AvgIpc) is 2.99. The number of esters is 1. The fourth-order valence-electron chi connectivity index (χ4n) is 2.33. The Balaban J connectivity index is 1.55. The molecule has 0 atom stereocenters. The molecule has 21 heavy (non-hydrogen) atoms. The summed E-state index contributed by atoms with van der Waals surface area (Å²) in [5, 5.41) is 2.89. The maximum absolute atomic E-state index is 11.6. The van der Waals surface area contributed by atoms with Crippen LogP contribution in [0.5, 0.6) is 0 Å². The van der Waals surface area contributed by atoms with Crippen LogP contribution in [0.4, 0.5) is 0 Å². The van der Waals surface area contributed by atoms with Gasteiger partial charge in [-0.05, 0) is 25.0 Å². The quantitative estimate of drug-likeness (QED) is 0.621. The highest BCUT2D eigenvalue weighted by Gasteiger charge is 2.17. The Bertz CT molecular complexity index is 458. The van der Waals surface area contributed by atoms with Gasteiger partial charge in [-0.15, -0.1) is 11.8 Å². The highest BCUT2D eigenvalue weighted by Crippen LogP contribution is 2.18. The molecule has 0 radical (unpaired) electrons. The van der Waals surface area contributed by atoms with Gasteiger partial charge in [0.05, 0.1) is 6.42 Å². The molecule has 4 nitrogen and oxygen atoms in total. The van der Waals surface area contributed by atoms with Gasteiger partial charge in [0.25, 0.3) is 5.91 Å². The minimum absolute atomic E-state index is 0.161. The van der Waals surface area contributed by atoms with Crippen molar-refractivity contribution in [3.05, 3.63) is 30.3 Å². The molecule has 0 aliphatic heterocycles. The van der Waals surface area contributed by atoms with E-state index in [1.165, 1.54) is 12.8 Å². The molecule has 0 spiro atoms. The molecular formula is C16H21NO3S. The van der Waals surface area contributed by atoms with Crippen molar-refractivity contribution in [2.75, 3.05) is 12.4 Å². The molecular weight excluding hydrogens is 286 g/mol. The summed E-state index contributed by atoms with van der Waals surface area (Å²) in [7, 11) is 0. The number of hydrogen-bond donors (Lipinski definition) is 1. The number of thioether (sulfide) groups is 1. The molecule has 5 heteroatoms. The van der Waals surface area contributed by atoms with E-state index in [1.54, 1.807) is 11.8 Å². The third kappa shape index (κ3) is 6.21. The summed E-state index contributed by atoms with van der Waals surface area (Å²) in [6.07, 6.45) is 4.72. The average molecular weight is 307 g/mol. The van der Waals surface area contributed by atoms with Gasteiger partial charge in [-0.1, -0.05) is 31.0 Å². The number of carbonyl (C=O) groups is 2. The fraction of sp³-hybridized carbons (Fsp3) is 0.500. The number of ether oxygens (including phenoxy) is 1. The highest BCUT2D eigenvalue weighted by atomic mass is 32.2. The number of amides is 1. The highest BCUT2D eigenvalue weighted by molar-refractivity contribution is 7.99. The van der Waals surface area contributed by atoms with Crippen molar-refractivity contribution in [3.8, 4) is 0 Å².